The molecule has 0 N–H and O–H groups in total. The highest BCUT2D eigenvalue weighted by Crippen LogP contribution is 2.49. The van der Waals surface area contributed by atoms with Gasteiger partial charge in [0, 0.05) is 29.5 Å². The summed E-state index contributed by atoms with van der Waals surface area (Å²) in [5, 5.41) is 0. The molecule has 10 heteroatoms. The van der Waals surface area contributed by atoms with Crippen LogP contribution < -0.4 is 4.52 Å². The highest BCUT2D eigenvalue weighted by molar-refractivity contribution is 8.07. The molecule has 2 rings (SSSR count). The fraction of sp³-hybridized carbons (Fsp3) is 0.533. The van der Waals surface area contributed by atoms with Crippen LogP contribution in [0.1, 0.15) is 45.1 Å². The van der Waals surface area contributed by atoms with Gasteiger partial charge in [0.15, 0.2) is 6.39 Å². The molecular weight excluding hydrogens is 380 g/mol. The number of nitrogens with zero attached hydrogens (tertiary/aromatic N) is 3. The number of aromatic nitrogens is 3. The first-order valence-electron chi connectivity index (χ1n) is 7.66. The molecule has 0 fully saturated rings. The predicted octanol–water partition coefficient (Wildman–Crippen LogP) is 4.32. The van der Waals surface area contributed by atoms with Crippen LogP contribution in [-0.4, -0.2) is 28.2 Å². The SMILES string of the molecule is CCOP(=S)(OCC)Oc1cc(C)nc(C(C)C)n1.P.c1cocn1. The summed E-state index contributed by atoms with van der Waals surface area (Å²) in [5.74, 6) is 1.37. The lowest BCUT2D eigenvalue weighted by Gasteiger charge is -2.20. The molecule has 1 unspecified atom stereocenters. The topological polar surface area (TPSA) is 79.5 Å². The highest BCUT2D eigenvalue weighted by atomic mass is 32.5. The molecule has 1 atom stereocenters. The van der Waals surface area contributed by atoms with Crippen LogP contribution in [0.3, 0.4) is 0 Å². The minimum Gasteiger partial charge on any atom is -0.452 e. The van der Waals surface area contributed by atoms with E-state index in [-0.39, 0.29) is 15.8 Å². The summed E-state index contributed by atoms with van der Waals surface area (Å²) in [7, 11) is 0. The van der Waals surface area contributed by atoms with E-state index < -0.39 is 6.72 Å². The fourth-order valence-electron chi connectivity index (χ4n) is 1.56. The third kappa shape index (κ3) is 9.38. The first kappa shape index (κ1) is 24.1. The summed E-state index contributed by atoms with van der Waals surface area (Å²) in [6.45, 7) is 7.78. The summed E-state index contributed by atoms with van der Waals surface area (Å²) < 4.78 is 21.0. The normalized spacial score (nSPS) is 10.6. The Bertz CT molecular complexity index is 614. The van der Waals surface area contributed by atoms with Crippen LogP contribution in [-0.2, 0) is 20.9 Å². The Morgan fingerprint density at radius 2 is 1.84 bits per heavy atom. The molecule has 2 aromatic rings. The number of aryl methyl sites for hydroxylation is 1. The van der Waals surface area contributed by atoms with Crippen molar-refractivity contribution in [3.63, 3.8) is 0 Å². The molecule has 142 valence electrons. The molecule has 0 spiro atoms. The van der Waals surface area contributed by atoms with Crippen molar-refractivity contribution in [3.8, 4) is 5.88 Å². The number of hydrogen-bond acceptors (Lipinski definition) is 8. The van der Waals surface area contributed by atoms with Gasteiger partial charge in [0.2, 0.25) is 5.88 Å². The Morgan fingerprint density at radius 1 is 1.20 bits per heavy atom. The van der Waals surface area contributed by atoms with Crippen LogP contribution in [0.25, 0.3) is 0 Å². The van der Waals surface area contributed by atoms with Crippen LogP contribution in [0.15, 0.2) is 29.3 Å². The Labute approximate surface area is 157 Å². The highest BCUT2D eigenvalue weighted by Gasteiger charge is 2.22. The lowest BCUT2D eigenvalue weighted by Crippen LogP contribution is -2.06. The minimum atomic E-state index is -2.77. The van der Waals surface area contributed by atoms with Crippen LogP contribution >= 0.6 is 16.6 Å². The molecule has 0 radical (unpaired) electrons. The van der Waals surface area contributed by atoms with Gasteiger partial charge < -0.3 is 8.94 Å². The zero-order valence-corrected chi connectivity index (χ0v) is 18.5. The van der Waals surface area contributed by atoms with Gasteiger partial charge in [-0.2, -0.15) is 14.9 Å². The lowest BCUT2D eigenvalue weighted by atomic mass is 10.2. The maximum atomic E-state index is 5.68. The molecule has 2 heterocycles. The van der Waals surface area contributed by atoms with E-state index in [0.717, 1.165) is 11.5 Å². The second-order valence-electron chi connectivity index (χ2n) is 4.91. The van der Waals surface area contributed by atoms with E-state index in [4.69, 9.17) is 25.4 Å². The second-order valence-corrected chi connectivity index (χ2v) is 7.85. The summed E-state index contributed by atoms with van der Waals surface area (Å²) in [6.07, 6.45) is 4.47. The van der Waals surface area contributed by atoms with Gasteiger partial charge in [-0.25, -0.2) is 9.97 Å². The average Bonchev–Trinajstić information content (AvgIpc) is 3.06. The third-order valence-corrected chi connectivity index (χ3v) is 4.91. The van der Waals surface area contributed by atoms with Gasteiger partial charge in [-0.3, -0.25) is 9.05 Å². The molecular formula is C15H27N3O4P2S. The van der Waals surface area contributed by atoms with Crippen molar-refractivity contribution in [3.05, 3.63) is 36.4 Å². The van der Waals surface area contributed by atoms with Crippen molar-refractivity contribution in [1.29, 1.82) is 0 Å². The lowest BCUT2D eigenvalue weighted by molar-refractivity contribution is 0.215. The van der Waals surface area contributed by atoms with Crippen LogP contribution in [0.4, 0.5) is 0 Å². The molecule has 0 saturated carbocycles. The summed E-state index contributed by atoms with van der Waals surface area (Å²) in [6, 6.07) is 1.74. The van der Waals surface area contributed by atoms with Gasteiger partial charge in [-0.1, -0.05) is 13.8 Å². The van der Waals surface area contributed by atoms with E-state index >= 15 is 0 Å². The number of oxazole rings is 1. The van der Waals surface area contributed by atoms with E-state index in [9.17, 15) is 0 Å². The second kappa shape index (κ2) is 12.4. The molecule has 0 aliphatic carbocycles. The van der Waals surface area contributed by atoms with Crippen molar-refractivity contribution in [2.45, 2.75) is 40.5 Å². The number of hydrogen-bond donors (Lipinski definition) is 0. The Kier molecular flexibility index (Phi) is 12.0. The molecule has 0 aliphatic rings. The first-order chi connectivity index (χ1) is 11.4. The Balaban J connectivity index is 0.000000820. The average molecular weight is 407 g/mol. The van der Waals surface area contributed by atoms with Crippen LogP contribution in [0.5, 0.6) is 5.88 Å². The third-order valence-electron chi connectivity index (χ3n) is 2.49. The quantitative estimate of drug-likeness (QED) is 0.628. The van der Waals surface area contributed by atoms with Gasteiger partial charge in [0.05, 0.1) is 19.4 Å². The zero-order chi connectivity index (χ0) is 18.0. The van der Waals surface area contributed by atoms with E-state index in [1.807, 2.05) is 34.6 Å². The van der Waals surface area contributed by atoms with Gasteiger partial charge in [0.25, 0.3) is 0 Å². The Morgan fingerprint density at radius 3 is 2.24 bits per heavy atom. The summed E-state index contributed by atoms with van der Waals surface area (Å²) >= 11 is 5.32. The smallest absolute Gasteiger partial charge is 0.381 e. The largest absolute Gasteiger partial charge is 0.452 e. The van der Waals surface area contributed by atoms with Gasteiger partial charge in [-0.05, 0) is 20.8 Å². The van der Waals surface area contributed by atoms with Gasteiger partial charge in [0.1, 0.15) is 12.1 Å². The first-order valence-corrected chi connectivity index (χ1v) is 10.2. The maximum absolute atomic E-state index is 5.68. The molecule has 0 aromatic carbocycles. The van der Waals surface area contributed by atoms with E-state index in [0.29, 0.717) is 19.1 Å². The van der Waals surface area contributed by atoms with Gasteiger partial charge >= 0.3 is 6.72 Å². The summed E-state index contributed by atoms with van der Waals surface area (Å²) in [5.41, 5.74) is 0.836. The standard InChI is InChI=1S/C12H21N2O3PS.C3H3NO.H3P/c1-6-15-18(19,16-7-2)17-11-8-10(5)13-12(14-11)9(3)4;1-2-5-3-4-1;/h8-9H,6-7H2,1-5H3;1-3H;1H3. The number of rotatable bonds is 7. The van der Waals surface area contributed by atoms with Crippen molar-refractivity contribution in [2.24, 2.45) is 0 Å². The zero-order valence-electron chi connectivity index (χ0n) is 15.3. The monoisotopic (exact) mass is 407 g/mol. The summed E-state index contributed by atoms with van der Waals surface area (Å²) in [4.78, 5) is 12.3. The molecule has 0 saturated heterocycles. The molecule has 0 aliphatic heterocycles. The van der Waals surface area contributed by atoms with Crippen LogP contribution in [0, 0.1) is 6.92 Å². The Hall–Kier alpha value is -0.910. The molecule has 2 aromatic heterocycles. The van der Waals surface area contributed by atoms with E-state index in [1.165, 1.54) is 12.7 Å². The van der Waals surface area contributed by atoms with E-state index in [2.05, 4.69) is 19.4 Å². The fourth-order valence-corrected chi connectivity index (χ4v) is 3.56. The van der Waals surface area contributed by atoms with Crippen molar-refractivity contribution < 1.29 is 18.0 Å². The molecule has 7 nitrogen and oxygen atoms in total. The van der Waals surface area contributed by atoms with Crippen molar-refractivity contribution >= 4 is 28.4 Å². The maximum Gasteiger partial charge on any atom is 0.381 e. The van der Waals surface area contributed by atoms with E-state index in [1.54, 1.807) is 12.3 Å². The van der Waals surface area contributed by atoms with Crippen molar-refractivity contribution in [1.82, 2.24) is 15.0 Å². The van der Waals surface area contributed by atoms with Crippen molar-refractivity contribution in [2.75, 3.05) is 13.2 Å². The molecule has 0 bridgehead atoms. The minimum absolute atomic E-state index is 0. The van der Waals surface area contributed by atoms with Crippen LogP contribution in [0.2, 0.25) is 0 Å². The predicted molar refractivity (Wildman–Crippen MR) is 107 cm³/mol. The van der Waals surface area contributed by atoms with Gasteiger partial charge in [-0.15, -0.1) is 0 Å². The molecule has 25 heavy (non-hydrogen) atoms. The molecule has 0 amide bonds.